The molecule has 15 heavy (non-hydrogen) atoms. The molecule has 0 spiro atoms. The first-order chi connectivity index (χ1) is 6.62. The van der Waals surface area contributed by atoms with Crippen molar-refractivity contribution in [1.29, 1.82) is 0 Å². The summed E-state index contributed by atoms with van der Waals surface area (Å²) in [7, 11) is 0. The van der Waals surface area contributed by atoms with Gasteiger partial charge in [0.1, 0.15) is 0 Å². The van der Waals surface area contributed by atoms with E-state index in [-0.39, 0.29) is 24.2 Å². The maximum atomic E-state index is 11.0. The van der Waals surface area contributed by atoms with Crippen molar-refractivity contribution in [2.75, 3.05) is 13.1 Å². The minimum absolute atomic E-state index is 0. The van der Waals surface area contributed by atoms with Gasteiger partial charge in [-0.15, -0.1) is 12.4 Å². The summed E-state index contributed by atoms with van der Waals surface area (Å²) in [6, 6.07) is 0. The van der Waals surface area contributed by atoms with E-state index in [9.17, 15) is 4.79 Å². The molecule has 3 nitrogen and oxygen atoms in total. The zero-order valence-corrected chi connectivity index (χ0v) is 9.93. The van der Waals surface area contributed by atoms with Gasteiger partial charge in [-0.1, -0.05) is 0 Å². The van der Waals surface area contributed by atoms with Crippen LogP contribution in [0.2, 0.25) is 0 Å². The van der Waals surface area contributed by atoms with Crippen molar-refractivity contribution in [3.8, 4) is 0 Å². The Bertz CT molecular complexity index is 278. The highest BCUT2D eigenvalue weighted by Gasteiger charge is 2.61. The largest absolute Gasteiger partial charge is 0.369 e. The highest BCUT2D eigenvalue weighted by Crippen LogP contribution is 2.55. The Balaban J connectivity index is 0.000000853. The second-order valence-corrected chi connectivity index (χ2v) is 5.51. The number of fused-ring (bicyclic) bond motifs is 1. The zero-order chi connectivity index (χ0) is 9.92. The van der Waals surface area contributed by atoms with Gasteiger partial charge in [0.15, 0.2) is 0 Å². The van der Waals surface area contributed by atoms with E-state index in [0.717, 1.165) is 13.1 Å². The van der Waals surface area contributed by atoms with E-state index in [1.807, 2.05) is 0 Å². The van der Waals surface area contributed by atoms with Gasteiger partial charge >= 0.3 is 0 Å². The summed E-state index contributed by atoms with van der Waals surface area (Å²) in [5.74, 6) is 1.35. The standard InChI is InChI=1S/C11H18N2O.ClH/c1-11(3-2-4-11)13-5-7-8(6-13)9(7)10(12)14;/h7-9H,2-6H2,1H3,(H2,12,14);1H. The first-order valence-electron chi connectivity index (χ1n) is 5.66. The molecule has 2 atom stereocenters. The van der Waals surface area contributed by atoms with Crippen LogP contribution in [-0.2, 0) is 4.79 Å². The lowest BCUT2D eigenvalue weighted by atomic mass is 9.77. The molecule has 1 amide bonds. The molecule has 2 unspecified atom stereocenters. The molecule has 0 radical (unpaired) electrons. The molecule has 0 aromatic carbocycles. The SMILES string of the molecule is CC1(N2CC3C(C2)C3C(N)=O)CCC1.Cl. The molecule has 2 aliphatic carbocycles. The Labute approximate surface area is 96.8 Å². The number of nitrogens with two attached hydrogens (primary N) is 1. The molecule has 4 heteroatoms. The monoisotopic (exact) mass is 230 g/mol. The van der Waals surface area contributed by atoms with E-state index in [1.165, 1.54) is 19.3 Å². The van der Waals surface area contributed by atoms with Crippen molar-refractivity contribution in [2.45, 2.75) is 31.7 Å². The van der Waals surface area contributed by atoms with Gasteiger partial charge in [-0.05, 0) is 38.0 Å². The Hall–Kier alpha value is -0.280. The van der Waals surface area contributed by atoms with Crippen molar-refractivity contribution in [3.63, 3.8) is 0 Å². The van der Waals surface area contributed by atoms with Crippen LogP contribution in [0.5, 0.6) is 0 Å². The third kappa shape index (κ3) is 1.48. The Morgan fingerprint density at radius 3 is 2.20 bits per heavy atom. The molecular formula is C11H19ClN2O. The molecule has 0 aromatic rings. The number of nitrogens with zero attached hydrogens (tertiary/aromatic N) is 1. The summed E-state index contributed by atoms with van der Waals surface area (Å²) >= 11 is 0. The molecule has 1 saturated heterocycles. The summed E-state index contributed by atoms with van der Waals surface area (Å²) < 4.78 is 0. The van der Waals surface area contributed by atoms with Crippen LogP contribution < -0.4 is 5.73 Å². The lowest BCUT2D eigenvalue weighted by Gasteiger charge is -2.47. The summed E-state index contributed by atoms with van der Waals surface area (Å²) in [6.45, 7) is 4.60. The molecule has 3 fully saturated rings. The molecule has 3 rings (SSSR count). The van der Waals surface area contributed by atoms with Gasteiger partial charge in [0.25, 0.3) is 0 Å². The fraction of sp³-hybridized carbons (Fsp3) is 0.909. The third-order valence-electron chi connectivity index (χ3n) is 4.72. The van der Waals surface area contributed by atoms with Crippen molar-refractivity contribution in [3.05, 3.63) is 0 Å². The predicted molar refractivity (Wildman–Crippen MR) is 60.7 cm³/mol. The van der Waals surface area contributed by atoms with Crippen molar-refractivity contribution < 1.29 is 4.79 Å². The number of halogens is 1. The van der Waals surface area contributed by atoms with Crippen LogP contribution in [0, 0.1) is 17.8 Å². The summed E-state index contributed by atoms with van der Waals surface area (Å²) in [4.78, 5) is 13.6. The topological polar surface area (TPSA) is 46.3 Å². The van der Waals surface area contributed by atoms with Crippen LogP contribution in [0.4, 0.5) is 0 Å². The zero-order valence-electron chi connectivity index (χ0n) is 9.11. The summed E-state index contributed by atoms with van der Waals surface area (Å²) in [6.07, 6.45) is 4.06. The van der Waals surface area contributed by atoms with Gasteiger partial charge < -0.3 is 5.73 Å². The van der Waals surface area contributed by atoms with Gasteiger partial charge in [0.05, 0.1) is 0 Å². The van der Waals surface area contributed by atoms with E-state index in [4.69, 9.17) is 5.73 Å². The van der Waals surface area contributed by atoms with Gasteiger partial charge in [-0.3, -0.25) is 9.69 Å². The first-order valence-corrected chi connectivity index (χ1v) is 5.66. The highest BCUT2D eigenvalue weighted by molar-refractivity contribution is 5.85. The quantitative estimate of drug-likeness (QED) is 0.770. The lowest BCUT2D eigenvalue weighted by molar-refractivity contribution is -0.120. The smallest absolute Gasteiger partial charge is 0.221 e. The maximum Gasteiger partial charge on any atom is 0.221 e. The van der Waals surface area contributed by atoms with Gasteiger partial charge in [-0.25, -0.2) is 0 Å². The van der Waals surface area contributed by atoms with Crippen LogP contribution in [0.15, 0.2) is 0 Å². The van der Waals surface area contributed by atoms with Crippen LogP contribution >= 0.6 is 12.4 Å². The molecule has 86 valence electrons. The van der Waals surface area contributed by atoms with Crippen LogP contribution in [0.1, 0.15) is 26.2 Å². The van der Waals surface area contributed by atoms with Crippen molar-refractivity contribution in [1.82, 2.24) is 4.90 Å². The number of amides is 1. The average Bonchev–Trinajstić information content (AvgIpc) is 2.59. The van der Waals surface area contributed by atoms with Gasteiger partial charge in [-0.2, -0.15) is 0 Å². The lowest BCUT2D eigenvalue weighted by Crippen LogP contribution is -2.51. The highest BCUT2D eigenvalue weighted by atomic mass is 35.5. The molecule has 0 bridgehead atoms. The Morgan fingerprint density at radius 2 is 1.87 bits per heavy atom. The first kappa shape index (κ1) is 11.2. The van der Waals surface area contributed by atoms with Crippen molar-refractivity contribution in [2.24, 2.45) is 23.5 Å². The number of carbonyl (C=O) groups excluding carboxylic acids is 1. The number of likely N-dealkylation sites (tertiary alicyclic amines) is 1. The van der Waals surface area contributed by atoms with E-state index in [0.29, 0.717) is 17.4 Å². The maximum absolute atomic E-state index is 11.0. The molecule has 3 aliphatic rings. The van der Waals surface area contributed by atoms with E-state index < -0.39 is 0 Å². The molecule has 2 saturated carbocycles. The van der Waals surface area contributed by atoms with E-state index in [1.54, 1.807) is 0 Å². The number of carbonyl (C=O) groups is 1. The van der Waals surface area contributed by atoms with Crippen LogP contribution in [-0.4, -0.2) is 29.4 Å². The number of rotatable bonds is 2. The molecule has 1 heterocycles. The minimum atomic E-state index is -0.0709. The molecule has 2 N–H and O–H groups in total. The fourth-order valence-corrected chi connectivity index (χ4v) is 3.39. The normalized spacial score (nSPS) is 41.3. The fourth-order valence-electron chi connectivity index (χ4n) is 3.39. The van der Waals surface area contributed by atoms with Crippen LogP contribution in [0.25, 0.3) is 0 Å². The predicted octanol–water partition coefficient (Wildman–Crippen LogP) is 1.01. The summed E-state index contributed by atoms with van der Waals surface area (Å²) in [5.41, 5.74) is 5.80. The number of hydrogen-bond acceptors (Lipinski definition) is 2. The van der Waals surface area contributed by atoms with E-state index in [2.05, 4.69) is 11.8 Å². The molecular weight excluding hydrogens is 212 g/mol. The molecule has 0 aromatic heterocycles. The number of piperidine rings is 1. The Morgan fingerprint density at radius 1 is 1.33 bits per heavy atom. The Kier molecular flexibility index (Phi) is 2.51. The van der Waals surface area contributed by atoms with E-state index >= 15 is 0 Å². The second kappa shape index (κ2) is 3.36. The van der Waals surface area contributed by atoms with Crippen LogP contribution in [0.3, 0.4) is 0 Å². The second-order valence-electron chi connectivity index (χ2n) is 5.51. The van der Waals surface area contributed by atoms with Gasteiger partial charge in [0.2, 0.25) is 5.91 Å². The minimum Gasteiger partial charge on any atom is -0.369 e. The molecule has 1 aliphatic heterocycles. The average molecular weight is 231 g/mol. The van der Waals surface area contributed by atoms with Gasteiger partial charge in [0, 0.05) is 24.5 Å². The summed E-state index contributed by atoms with van der Waals surface area (Å²) in [5, 5.41) is 0. The van der Waals surface area contributed by atoms with Crippen molar-refractivity contribution >= 4 is 18.3 Å². The number of primary amides is 1. The third-order valence-corrected chi connectivity index (χ3v) is 4.72. The number of hydrogen-bond donors (Lipinski definition) is 1.